The lowest BCUT2D eigenvalue weighted by Crippen LogP contribution is -2.43. The number of rotatable bonds is 1. The average molecular weight is 402 g/mol. The third-order valence-corrected chi connectivity index (χ3v) is 5.53. The van der Waals surface area contributed by atoms with Crippen molar-refractivity contribution < 1.29 is 14.6 Å². The number of carbonyl (C=O) groups is 1. The second kappa shape index (κ2) is 6.15. The van der Waals surface area contributed by atoms with Gasteiger partial charge in [0, 0.05) is 36.8 Å². The Balaban J connectivity index is 1.79. The fourth-order valence-electron chi connectivity index (χ4n) is 4.15. The SMILES string of the molecule is CC#CC1(O)C(=O)OCc2c1cc1n(c2=O)Cc2cc3c(N(C)C)nccc3nc2-1. The highest BCUT2D eigenvalue weighted by Gasteiger charge is 2.45. The fourth-order valence-corrected chi connectivity index (χ4v) is 4.15. The first kappa shape index (κ1) is 18.3. The minimum atomic E-state index is -2.17. The molecule has 1 N–H and O–H groups in total. The fraction of sp³-hybridized carbons (Fsp3) is 0.273. The number of aromatic nitrogens is 3. The van der Waals surface area contributed by atoms with Gasteiger partial charge in [-0.2, -0.15) is 0 Å². The van der Waals surface area contributed by atoms with Crippen LogP contribution in [0.25, 0.3) is 22.3 Å². The van der Waals surface area contributed by atoms with Crippen LogP contribution < -0.4 is 10.5 Å². The van der Waals surface area contributed by atoms with Gasteiger partial charge in [0.2, 0.25) is 0 Å². The zero-order chi connectivity index (χ0) is 21.2. The third-order valence-electron chi connectivity index (χ3n) is 5.53. The minimum Gasteiger partial charge on any atom is -0.457 e. The van der Waals surface area contributed by atoms with E-state index in [-0.39, 0.29) is 23.3 Å². The number of nitrogens with zero attached hydrogens (tertiary/aromatic N) is 4. The van der Waals surface area contributed by atoms with Gasteiger partial charge in [0.05, 0.1) is 29.0 Å². The van der Waals surface area contributed by atoms with Crippen molar-refractivity contribution in [3.8, 4) is 23.2 Å². The van der Waals surface area contributed by atoms with Crippen molar-refractivity contribution in [1.29, 1.82) is 0 Å². The summed E-state index contributed by atoms with van der Waals surface area (Å²) in [4.78, 5) is 36.6. The molecule has 0 aromatic carbocycles. The van der Waals surface area contributed by atoms with E-state index in [9.17, 15) is 14.7 Å². The zero-order valence-corrected chi connectivity index (χ0v) is 16.7. The highest BCUT2D eigenvalue weighted by Crippen LogP contribution is 2.38. The Morgan fingerprint density at radius 2 is 2.10 bits per heavy atom. The number of fused-ring (bicyclic) bond motifs is 5. The summed E-state index contributed by atoms with van der Waals surface area (Å²) < 4.78 is 6.66. The standard InChI is InChI=1S/C22H18N4O4/c1-4-6-22(29)15-9-17-18-12(10-26(17)20(27)14(15)11-30-21(22)28)8-13-16(24-18)5-7-23-19(13)25(2)3/h5,7-9,29H,10-11H2,1-3H3. The molecule has 5 rings (SSSR count). The van der Waals surface area contributed by atoms with Crippen LogP contribution in [-0.4, -0.2) is 39.7 Å². The topological polar surface area (TPSA) is 97.5 Å². The number of cyclic esters (lactones) is 1. The number of esters is 1. The molecule has 1 unspecified atom stereocenters. The highest BCUT2D eigenvalue weighted by molar-refractivity contribution is 5.93. The van der Waals surface area contributed by atoms with E-state index in [0.717, 1.165) is 22.3 Å². The Morgan fingerprint density at radius 1 is 1.30 bits per heavy atom. The van der Waals surface area contributed by atoms with Gasteiger partial charge in [-0.15, -0.1) is 5.92 Å². The normalized spacial score (nSPS) is 18.7. The van der Waals surface area contributed by atoms with E-state index in [2.05, 4.69) is 16.8 Å². The van der Waals surface area contributed by atoms with Crippen LogP contribution in [0.1, 0.15) is 23.6 Å². The summed E-state index contributed by atoms with van der Waals surface area (Å²) in [6.45, 7) is 1.66. The van der Waals surface area contributed by atoms with Gasteiger partial charge in [-0.05, 0) is 25.1 Å². The lowest BCUT2D eigenvalue weighted by molar-refractivity contribution is -0.164. The van der Waals surface area contributed by atoms with Gasteiger partial charge >= 0.3 is 5.97 Å². The average Bonchev–Trinajstić information content (AvgIpc) is 3.07. The molecule has 3 aromatic heterocycles. The summed E-state index contributed by atoms with van der Waals surface area (Å²) in [7, 11) is 3.82. The van der Waals surface area contributed by atoms with Gasteiger partial charge in [-0.3, -0.25) is 4.79 Å². The number of hydrogen-bond donors (Lipinski definition) is 1. The van der Waals surface area contributed by atoms with E-state index >= 15 is 0 Å². The van der Waals surface area contributed by atoms with Crippen LogP contribution in [0.5, 0.6) is 0 Å². The molecule has 0 saturated heterocycles. The van der Waals surface area contributed by atoms with Crippen LogP contribution in [0.4, 0.5) is 5.82 Å². The number of aliphatic hydroxyl groups is 1. The molecular formula is C22H18N4O4. The number of hydrogen-bond acceptors (Lipinski definition) is 7. The third kappa shape index (κ3) is 2.33. The van der Waals surface area contributed by atoms with Crippen molar-refractivity contribution in [2.75, 3.05) is 19.0 Å². The summed E-state index contributed by atoms with van der Waals surface area (Å²) in [5.74, 6) is 4.98. The van der Waals surface area contributed by atoms with Crippen molar-refractivity contribution in [1.82, 2.24) is 14.5 Å². The summed E-state index contributed by atoms with van der Waals surface area (Å²) in [6, 6.07) is 5.45. The van der Waals surface area contributed by atoms with Crippen LogP contribution in [0.2, 0.25) is 0 Å². The molecule has 1 atom stereocenters. The molecule has 150 valence electrons. The molecule has 0 aliphatic carbocycles. The largest absolute Gasteiger partial charge is 0.457 e. The molecule has 0 saturated carbocycles. The maximum Gasteiger partial charge on any atom is 0.356 e. The van der Waals surface area contributed by atoms with E-state index in [4.69, 9.17) is 9.72 Å². The second-order valence-electron chi connectivity index (χ2n) is 7.57. The minimum absolute atomic E-state index is 0.169. The first-order valence-electron chi connectivity index (χ1n) is 9.42. The lowest BCUT2D eigenvalue weighted by Gasteiger charge is -2.28. The van der Waals surface area contributed by atoms with Gasteiger partial charge in [-0.1, -0.05) is 5.92 Å². The predicted molar refractivity (Wildman–Crippen MR) is 110 cm³/mol. The summed E-state index contributed by atoms with van der Waals surface area (Å²) >= 11 is 0. The Labute approximate surface area is 171 Å². The number of carbonyl (C=O) groups excluding carboxylic acids is 1. The summed E-state index contributed by atoms with van der Waals surface area (Å²) in [5.41, 5.74) is 0.718. The number of anilines is 1. The molecule has 0 fully saturated rings. The van der Waals surface area contributed by atoms with Crippen LogP contribution in [0.15, 0.2) is 29.2 Å². The molecule has 0 amide bonds. The maximum absolute atomic E-state index is 13.2. The first-order chi connectivity index (χ1) is 14.3. The van der Waals surface area contributed by atoms with E-state index in [1.54, 1.807) is 16.8 Å². The van der Waals surface area contributed by atoms with Crippen molar-refractivity contribution >= 4 is 22.7 Å². The van der Waals surface area contributed by atoms with Crippen molar-refractivity contribution in [3.05, 3.63) is 51.4 Å². The molecule has 0 radical (unpaired) electrons. The summed E-state index contributed by atoms with van der Waals surface area (Å²) in [6.07, 6.45) is 1.69. The van der Waals surface area contributed by atoms with Crippen LogP contribution >= 0.6 is 0 Å². The second-order valence-corrected chi connectivity index (χ2v) is 7.57. The van der Waals surface area contributed by atoms with E-state index in [1.165, 1.54) is 6.92 Å². The molecule has 0 spiro atoms. The van der Waals surface area contributed by atoms with Crippen molar-refractivity contribution in [2.45, 2.75) is 25.7 Å². The van der Waals surface area contributed by atoms with Gasteiger partial charge < -0.3 is 19.3 Å². The Bertz CT molecular complexity index is 1380. The smallest absolute Gasteiger partial charge is 0.356 e. The molecule has 2 aliphatic rings. The molecular weight excluding hydrogens is 384 g/mol. The van der Waals surface area contributed by atoms with Crippen LogP contribution in [-0.2, 0) is 28.3 Å². The molecule has 8 nitrogen and oxygen atoms in total. The molecule has 2 aliphatic heterocycles. The lowest BCUT2D eigenvalue weighted by atomic mass is 9.88. The van der Waals surface area contributed by atoms with Crippen LogP contribution in [0.3, 0.4) is 0 Å². The molecule has 3 aromatic rings. The molecule has 8 heteroatoms. The van der Waals surface area contributed by atoms with Crippen molar-refractivity contribution in [3.63, 3.8) is 0 Å². The predicted octanol–water partition coefficient (Wildman–Crippen LogP) is 1.15. The van der Waals surface area contributed by atoms with E-state index < -0.39 is 11.6 Å². The Morgan fingerprint density at radius 3 is 2.83 bits per heavy atom. The highest BCUT2D eigenvalue weighted by atomic mass is 16.6. The van der Waals surface area contributed by atoms with Gasteiger partial charge in [0.25, 0.3) is 11.2 Å². The van der Waals surface area contributed by atoms with Crippen molar-refractivity contribution in [2.24, 2.45) is 0 Å². The number of ether oxygens (including phenoxy) is 1. The first-order valence-corrected chi connectivity index (χ1v) is 9.42. The zero-order valence-electron chi connectivity index (χ0n) is 16.7. The Kier molecular flexibility index (Phi) is 3.76. The molecule has 30 heavy (non-hydrogen) atoms. The summed E-state index contributed by atoms with van der Waals surface area (Å²) in [5, 5.41) is 11.8. The van der Waals surface area contributed by atoms with Gasteiger partial charge in [0.1, 0.15) is 12.4 Å². The molecule has 5 heterocycles. The monoisotopic (exact) mass is 402 g/mol. The molecule has 0 bridgehead atoms. The quantitative estimate of drug-likeness (QED) is 0.377. The van der Waals surface area contributed by atoms with Gasteiger partial charge in [-0.25, -0.2) is 14.8 Å². The van der Waals surface area contributed by atoms with Crippen LogP contribution in [0, 0.1) is 11.8 Å². The van der Waals surface area contributed by atoms with E-state index in [1.807, 2.05) is 31.1 Å². The number of pyridine rings is 3. The van der Waals surface area contributed by atoms with Gasteiger partial charge in [0.15, 0.2) is 0 Å². The maximum atomic E-state index is 13.2. The Hall–Kier alpha value is -3.70. The van der Waals surface area contributed by atoms with E-state index in [0.29, 0.717) is 17.9 Å².